The number of benzene rings is 2. The van der Waals surface area contributed by atoms with Gasteiger partial charge >= 0.3 is 59.1 Å². The predicted molar refractivity (Wildman–Crippen MR) is 254 cm³/mol. The molecule has 0 unspecified atom stereocenters. The first-order chi connectivity index (χ1) is 30.0. The molecule has 0 bridgehead atoms. The molecule has 0 saturated carbocycles. The van der Waals surface area contributed by atoms with Crippen molar-refractivity contribution in [2.75, 3.05) is 0 Å². The Labute approximate surface area is 436 Å². The Balaban J connectivity index is 0.000000621. The molecule has 0 aromatic heterocycles. The molecule has 0 N–H and O–H groups in total. The second kappa shape index (κ2) is 35.9. The zero-order valence-corrected chi connectivity index (χ0v) is 47.3. The van der Waals surface area contributed by atoms with Crippen molar-refractivity contribution in [3.8, 4) is 23.0 Å². The normalized spacial score (nSPS) is 12.2. The van der Waals surface area contributed by atoms with Crippen LogP contribution in [0, 0.1) is 0 Å². The van der Waals surface area contributed by atoms with E-state index in [2.05, 4.69) is 27.7 Å². The van der Waals surface area contributed by atoms with Gasteiger partial charge in [-0.1, -0.05) is 207 Å². The standard InChI is InChI=1S/2C26H44O4S.2Na/c2*1-3-5-7-9-11-13-15-17-19-22-21-24(31(27,28)29)26-25(30-26)23(22)20-18-16-14-12-10-8-6-4-2;;/h2*21H,3-20H2,1-2H3,(H,27,28,29);;/q;;2*+1/p-2. The molecule has 64 heavy (non-hydrogen) atoms. The molecule has 2 aromatic rings. The van der Waals surface area contributed by atoms with Gasteiger partial charge in [-0.05, 0) is 74.6 Å². The average Bonchev–Trinajstić information content (AvgIpc) is 4.18. The number of fused-ring (bicyclic) bond motifs is 2. The molecule has 2 heterocycles. The van der Waals surface area contributed by atoms with E-state index in [9.17, 15) is 25.9 Å². The minimum atomic E-state index is -4.48. The minimum Gasteiger partial charge on any atom is -0.744 e. The van der Waals surface area contributed by atoms with Crippen LogP contribution in [-0.4, -0.2) is 25.9 Å². The number of unbranched alkanes of at least 4 members (excludes halogenated alkanes) is 28. The summed E-state index contributed by atoms with van der Waals surface area (Å²) in [6.45, 7) is 8.95. The molecular formula is C52H86Na2O8S2. The fourth-order valence-corrected chi connectivity index (χ4v) is 10.2. The maximum atomic E-state index is 11.6. The number of hydrogen-bond acceptors (Lipinski definition) is 8. The van der Waals surface area contributed by atoms with E-state index in [1.807, 2.05) is 0 Å². The Bertz CT molecular complexity index is 1650. The molecule has 12 heteroatoms. The molecule has 0 radical (unpaired) electrons. The van der Waals surface area contributed by atoms with Crippen molar-refractivity contribution < 1.29 is 94.5 Å². The van der Waals surface area contributed by atoms with Crippen LogP contribution in [0.5, 0.6) is 23.0 Å². The first kappa shape index (κ1) is 61.9. The van der Waals surface area contributed by atoms with Crippen molar-refractivity contribution >= 4 is 20.2 Å². The van der Waals surface area contributed by atoms with Gasteiger partial charge in [0.15, 0.2) is 23.0 Å². The van der Waals surface area contributed by atoms with Gasteiger partial charge in [-0.15, -0.1) is 0 Å². The van der Waals surface area contributed by atoms with Crippen molar-refractivity contribution in [2.24, 2.45) is 0 Å². The summed E-state index contributed by atoms with van der Waals surface area (Å²) in [5.74, 6) is 1.97. The molecule has 8 nitrogen and oxygen atoms in total. The molecule has 0 amide bonds. The smallest absolute Gasteiger partial charge is 0.744 e. The summed E-state index contributed by atoms with van der Waals surface area (Å²) in [4.78, 5) is -0.312. The predicted octanol–water partition coefficient (Wildman–Crippen LogP) is 10.1. The summed E-state index contributed by atoms with van der Waals surface area (Å²) in [6.07, 6.45) is 43.6. The number of hydrogen-bond donors (Lipinski definition) is 0. The fourth-order valence-electron chi connectivity index (χ4n) is 8.92. The van der Waals surface area contributed by atoms with Crippen LogP contribution in [0.2, 0.25) is 0 Å². The second-order valence-corrected chi connectivity index (χ2v) is 21.0. The molecule has 0 saturated heterocycles. The van der Waals surface area contributed by atoms with E-state index in [1.165, 1.54) is 167 Å². The zero-order chi connectivity index (χ0) is 45.1. The summed E-state index contributed by atoms with van der Waals surface area (Å²) >= 11 is 0. The summed E-state index contributed by atoms with van der Waals surface area (Å²) in [5.41, 5.74) is 4.33. The van der Waals surface area contributed by atoms with E-state index in [0.29, 0.717) is 23.0 Å². The summed E-state index contributed by atoms with van der Waals surface area (Å²) in [5, 5.41) is 0. The van der Waals surface area contributed by atoms with Gasteiger partial charge in [0.2, 0.25) is 0 Å². The molecule has 4 rings (SSSR count). The third-order valence-corrected chi connectivity index (χ3v) is 14.5. The van der Waals surface area contributed by atoms with E-state index in [4.69, 9.17) is 9.47 Å². The Hall–Kier alpha value is -0.140. The molecule has 2 aliphatic rings. The van der Waals surface area contributed by atoms with Crippen LogP contribution in [0.3, 0.4) is 0 Å². The zero-order valence-electron chi connectivity index (χ0n) is 41.7. The Morgan fingerprint density at radius 2 is 0.562 bits per heavy atom. The van der Waals surface area contributed by atoms with Crippen molar-refractivity contribution in [3.63, 3.8) is 0 Å². The number of aryl methyl sites for hydroxylation is 2. The van der Waals surface area contributed by atoms with Crippen LogP contribution in [-0.2, 0) is 45.9 Å². The van der Waals surface area contributed by atoms with E-state index in [-0.39, 0.29) is 68.9 Å². The van der Waals surface area contributed by atoms with Gasteiger partial charge < -0.3 is 18.6 Å². The summed E-state index contributed by atoms with van der Waals surface area (Å²) in [7, 11) is -8.97. The first-order valence-electron chi connectivity index (χ1n) is 25.6. The van der Waals surface area contributed by atoms with E-state index in [1.54, 1.807) is 12.1 Å². The minimum absolute atomic E-state index is 0. The molecule has 0 atom stereocenters. The van der Waals surface area contributed by atoms with E-state index >= 15 is 0 Å². The van der Waals surface area contributed by atoms with Gasteiger partial charge in [0.25, 0.3) is 0 Å². The van der Waals surface area contributed by atoms with Gasteiger partial charge in [-0.25, -0.2) is 16.8 Å². The third kappa shape index (κ3) is 24.9. The topological polar surface area (TPSA) is 139 Å². The molecule has 0 fully saturated rings. The van der Waals surface area contributed by atoms with Crippen LogP contribution in [0.25, 0.3) is 0 Å². The van der Waals surface area contributed by atoms with Gasteiger partial charge in [-0.2, -0.15) is 0 Å². The van der Waals surface area contributed by atoms with Crippen LogP contribution >= 0.6 is 0 Å². The molecule has 356 valence electrons. The van der Waals surface area contributed by atoms with E-state index < -0.39 is 20.2 Å². The number of rotatable bonds is 38. The van der Waals surface area contributed by atoms with Crippen LogP contribution in [0.1, 0.15) is 255 Å². The molecular weight excluding hydrogens is 863 g/mol. The second-order valence-electron chi connectivity index (χ2n) is 18.4. The third-order valence-electron chi connectivity index (χ3n) is 12.8. The molecule has 0 aliphatic carbocycles. The maximum Gasteiger partial charge on any atom is 1.00 e. The Morgan fingerprint density at radius 1 is 0.344 bits per heavy atom. The fraction of sp³-hybridized carbons (Fsp3) is 0.769. The summed E-state index contributed by atoms with van der Waals surface area (Å²) in [6, 6.07) is 3.21. The molecule has 2 aromatic carbocycles. The van der Waals surface area contributed by atoms with Gasteiger partial charge in [0, 0.05) is 11.1 Å². The van der Waals surface area contributed by atoms with Crippen LogP contribution in [0.15, 0.2) is 21.9 Å². The van der Waals surface area contributed by atoms with Crippen molar-refractivity contribution in [2.45, 2.75) is 269 Å². The van der Waals surface area contributed by atoms with Gasteiger partial charge in [-0.3, -0.25) is 0 Å². The van der Waals surface area contributed by atoms with Crippen LogP contribution in [0.4, 0.5) is 0 Å². The van der Waals surface area contributed by atoms with Crippen molar-refractivity contribution in [1.82, 2.24) is 0 Å². The largest absolute Gasteiger partial charge is 1.00 e. The quantitative estimate of drug-likeness (QED) is 0.0187. The van der Waals surface area contributed by atoms with Gasteiger partial charge in [0.1, 0.15) is 30.0 Å². The monoisotopic (exact) mass is 949 g/mol. The Kier molecular flexibility index (Phi) is 34.7. The van der Waals surface area contributed by atoms with E-state index in [0.717, 1.165) is 86.5 Å². The first-order valence-corrected chi connectivity index (χ1v) is 28.4. The molecule has 2 aliphatic heterocycles. The Morgan fingerprint density at radius 3 is 0.797 bits per heavy atom. The summed E-state index contributed by atoms with van der Waals surface area (Å²) < 4.78 is 80.7. The van der Waals surface area contributed by atoms with Crippen molar-refractivity contribution in [1.29, 1.82) is 0 Å². The van der Waals surface area contributed by atoms with Crippen molar-refractivity contribution in [3.05, 3.63) is 34.4 Å². The SMILES string of the molecule is CCCCCCCCCCc1cc(S(=O)(=O)[O-])c2c(c1CCCCCCCCCC)O2.CCCCCCCCCCc1cc(S(=O)(=O)[O-])c2c(c1CCCCCCCCCC)O2.[Na+].[Na+]. The number of ether oxygens (including phenoxy) is 2. The van der Waals surface area contributed by atoms with Gasteiger partial charge in [0.05, 0.1) is 0 Å². The maximum absolute atomic E-state index is 11.6. The average molecular weight is 949 g/mol. The molecule has 0 spiro atoms. The van der Waals surface area contributed by atoms with Crippen LogP contribution < -0.4 is 68.6 Å².